The molecule has 0 radical (unpaired) electrons. The zero-order valence-electron chi connectivity index (χ0n) is 81.7. The lowest BCUT2D eigenvalue weighted by Gasteiger charge is -2.22. The number of hydrogen-bond donors (Lipinski definition) is 0. The van der Waals surface area contributed by atoms with Crippen molar-refractivity contribution < 1.29 is 0 Å². The number of para-hydroxylation sites is 12. The SMILES string of the molecule is c1ccc(-c2cc(-c3cccc(-c4ccccc4)c3-n3c4ccccc4c4ccccc43)ccc2-n2c3ccccc3c3cnccc32)cc1.c1ccc(-c2cc(-n3c4ccccc4c4cnccc43)ccc2-c2cccc(-c3ccccc3)c2-n2c3ccccc3c3ccccc32)cc1.c1ccc(-c2ccc(-n3c4ccccc4c4cnccc43)cc2-c2cccc(-c3ccccc3)c2-n2c3ccccc3c3ccccc32)cc1. The molecule has 0 N–H and O–H groups in total. The summed E-state index contributed by atoms with van der Waals surface area (Å²) in [6.45, 7) is 0. The first kappa shape index (κ1) is 87.6. The number of pyridine rings is 3. The molecule has 0 fully saturated rings. The van der Waals surface area contributed by atoms with Gasteiger partial charge in [-0.25, -0.2) is 0 Å². The Morgan fingerprint density at radius 1 is 0.120 bits per heavy atom. The molecule has 0 amide bonds. The third kappa shape index (κ3) is 14.8. The van der Waals surface area contributed by atoms with Crippen molar-refractivity contribution in [1.82, 2.24) is 42.4 Å². The van der Waals surface area contributed by atoms with Crippen LogP contribution in [-0.4, -0.2) is 42.4 Å². The maximum atomic E-state index is 4.50. The molecule has 21 aromatic carbocycles. The first-order valence-electron chi connectivity index (χ1n) is 51.2. The Kier molecular flexibility index (Phi) is 21.8. The van der Waals surface area contributed by atoms with Crippen molar-refractivity contribution in [3.63, 3.8) is 0 Å². The Labute approximate surface area is 866 Å². The van der Waals surface area contributed by atoms with E-state index in [0.29, 0.717) is 0 Å². The fourth-order valence-electron chi connectivity index (χ4n) is 23.6. The van der Waals surface area contributed by atoms with Crippen LogP contribution >= 0.6 is 0 Å². The molecular formula is C141H93N9. The van der Waals surface area contributed by atoms with Crippen LogP contribution in [0.1, 0.15) is 0 Å². The lowest BCUT2D eigenvalue weighted by Crippen LogP contribution is -2.02. The van der Waals surface area contributed by atoms with Crippen molar-refractivity contribution in [3.8, 4) is 134 Å². The predicted molar refractivity (Wildman–Crippen MR) is 628 cm³/mol. The lowest BCUT2D eigenvalue weighted by molar-refractivity contribution is 1.17. The van der Waals surface area contributed by atoms with E-state index in [1.54, 1.807) is 0 Å². The minimum Gasteiger partial charge on any atom is -0.309 e. The van der Waals surface area contributed by atoms with Crippen molar-refractivity contribution in [1.29, 1.82) is 0 Å². The molecule has 0 unspecified atom stereocenters. The summed E-state index contributed by atoms with van der Waals surface area (Å²) in [5.74, 6) is 0. The van der Waals surface area contributed by atoms with Crippen molar-refractivity contribution in [2.45, 2.75) is 0 Å². The van der Waals surface area contributed by atoms with E-state index in [2.05, 4.69) is 570 Å². The van der Waals surface area contributed by atoms with E-state index < -0.39 is 0 Å². The monoisotopic (exact) mass is 1910 g/mol. The van der Waals surface area contributed by atoms with Crippen LogP contribution in [0, 0.1) is 0 Å². The molecule has 0 aliphatic carbocycles. The van der Waals surface area contributed by atoms with Gasteiger partial charge in [0.05, 0.1) is 88.9 Å². The summed E-state index contributed by atoms with van der Waals surface area (Å²) < 4.78 is 14.6. The number of rotatable bonds is 15. The van der Waals surface area contributed by atoms with Gasteiger partial charge in [0.25, 0.3) is 0 Å². The van der Waals surface area contributed by atoms with Crippen LogP contribution in [0.25, 0.3) is 265 Å². The van der Waals surface area contributed by atoms with Gasteiger partial charge < -0.3 is 27.4 Å². The van der Waals surface area contributed by atoms with Gasteiger partial charge in [-0.2, -0.15) is 0 Å². The van der Waals surface area contributed by atoms with Crippen LogP contribution in [0.4, 0.5) is 0 Å². The Morgan fingerprint density at radius 3 is 0.693 bits per heavy atom. The quantitative estimate of drug-likeness (QED) is 0.103. The molecule has 0 bridgehead atoms. The molecule has 0 aliphatic heterocycles. The maximum Gasteiger partial charge on any atom is 0.0619 e. The third-order valence-corrected chi connectivity index (χ3v) is 30.1. The molecule has 9 heterocycles. The van der Waals surface area contributed by atoms with Crippen LogP contribution in [0.2, 0.25) is 0 Å². The molecule has 9 nitrogen and oxygen atoms in total. The summed E-state index contributed by atoms with van der Waals surface area (Å²) >= 11 is 0. The Hall–Kier alpha value is -20.1. The van der Waals surface area contributed by atoms with E-state index in [9.17, 15) is 0 Å². The zero-order valence-corrected chi connectivity index (χ0v) is 81.7. The summed E-state index contributed by atoms with van der Waals surface area (Å²) in [7, 11) is 0. The van der Waals surface area contributed by atoms with E-state index in [1.807, 2.05) is 37.2 Å². The fraction of sp³-hybridized carbons (Fsp3) is 0. The average molecular weight is 1910 g/mol. The van der Waals surface area contributed by atoms with Crippen LogP contribution in [0.5, 0.6) is 0 Å². The minimum atomic E-state index is 1.11. The van der Waals surface area contributed by atoms with Gasteiger partial charge in [-0.05, 0) is 170 Å². The van der Waals surface area contributed by atoms with Crippen molar-refractivity contribution in [3.05, 3.63) is 565 Å². The molecule has 150 heavy (non-hydrogen) atoms. The standard InChI is InChI=1S/3C47H31N3/c1-3-14-32(15-4-1)35-27-26-34(49-43-23-10-9-20-39(43)42-31-48-29-28-46(42)49)30-41(35)40-22-13-21-36(33-16-5-2-6-17-33)47(40)50-44-24-11-7-18-37(44)38-19-8-12-25-45(38)50;1-3-14-32(15-4-1)35-21-13-22-40(47(35)50-44-24-11-7-18-37(44)38-19-8-12-25-45(38)50)36-27-26-34(30-41(36)33-16-5-2-6-17-33)49-43-23-10-9-20-39(43)42-31-48-29-28-46(42)49;1-3-14-32(15-4-1)35-21-13-22-36(47(35)50-43-24-11-7-18-37(43)38-19-8-12-25-44(38)50)34-26-27-45(40(30-34)33-16-5-2-6-17-33)49-42-23-10-9-20-39(42)41-31-48-29-28-46(41)49/h3*1-31H. The summed E-state index contributed by atoms with van der Waals surface area (Å²) in [4.78, 5) is 13.5. The molecule has 0 atom stereocenters. The number of aromatic nitrogens is 9. The summed E-state index contributed by atoms with van der Waals surface area (Å²) in [5.41, 5.74) is 42.1. The molecule has 30 rings (SSSR count). The largest absolute Gasteiger partial charge is 0.309 e. The van der Waals surface area contributed by atoms with Crippen LogP contribution in [0.3, 0.4) is 0 Å². The third-order valence-electron chi connectivity index (χ3n) is 30.1. The summed E-state index contributed by atoms with van der Waals surface area (Å²) in [6, 6.07) is 191. The maximum absolute atomic E-state index is 4.50. The molecule has 30 aromatic rings. The highest BCUT2D eigenvalue weighted by Crippen LogP contribution is 2.51. The van der Waals surface area contributed by atoms with E-state index in [1.165, 1.54) is 193 Å². The Balaban J connectivity index is 0.000000108. The fourth-order valence-corrected chi connectivity index (χ4v) is 23.6. The molecule has 0 aliphatic rings. The van der Waals surface area contributed by atoms with Gasteiger partial charge in [-0.3, -0.25) is 15.0 Å². The Morgan fingerprint density at radius 2 is 0.353 bits per heavy atom. The van der Waals surface area contributed by atoms with Gasteiger partial charge in [0.15, 0.2) is 0 Å². The van der Waals surface area contributed by atoms with Gasteiger partial charge in [0.1, 0.15) is 0 Å². The second-order valence-corrected chi connectivity index (χ2v) is 38.3. The topological polar surface area (TPSA) is 68.2 Å². The Bertz CT molecular complexity index is 10200. The van der Waals surface area contributed by atoms with Crippen LogP contribution < -0.4 is 0 Å². The average Bonchev–Trinajstić information content (AvgIpc) is 1.57. The highest BCUT2D eigenvalue weighted by Gasteiger charge is 2.29. The summed E-state index contributed by atoms with van der Waals surface area (Å²) in [6.07, 6.45) is 11.6. The predicted octanol–water partition coefficient (Wildman–Crippen LogP) is 36.8. The van der Waals surface area contributed by atoms with Gasteiger partial charge in [-0.15, -0.1) is 0 Å². The second-order valence-electron chi connectivity index (χ2n) is 38.3. The van der Waals surface area contributed by atoms with E-state index in [0.717, 1.165) is 72.1 Å². The molecule has 0 spiro atoms. The first-order chi connectivity index (χ1) is 74.5. The molecule has 702 valence electrons. The highest BCUT2D eigenvalue weighted by molar-refractivity contribution is 6.17. The molecule has 9 heteroatoms. The van der Waals surface area contributed by atoms with Crippen molar-refractivity contribution in [2.24, 2.45) is 0 Å². The van der Waals surface area contributed by atoms with Crippen LogP contribution in [-0.2, 0) is 0 Å². The molecular weight excluding hydrogens is 1820 g/mol. The smallest absolute Gasteiger partial charge is 0.0619 e. The summed E-state index contributed by atoms with van der Waals surface area (Å²) in [5, 5.41) is 14.5. The zero-order chi connectivity index (χ0) is 99.1. The normalized spacial score (nSPS) is 11.6. The highest BCUT2D eigenvalue weighted by atomic mass is 15.0. The first-order valence-corrected chi connectivity index (χ1v) is 51.2. The van der Waals surface area contributed by atoms with Gasteiger partial charge in [0.2, 0.25) is 0 Å². The van der Waals surface area contributed by atoms with Gasteiger partial charge in [-0.1, -0.05) is 419 Å². The van der Waals surface area contributed by atoms with E-state index in [4.69, 9.17) is 0 Å². The van der Waals surface area contributed by atoms with Crippen LogP contribution in [0.15, 0.2) is 565 Å². The molecule has 9 aromatic heterocycles. The minimum absolute atomic E-state index is 1.11. The van der Waals surface area contributed by atoms with Gasteiger partial charge >= 0.3 is 0 Å². The lowest BCUT2D eigenvalue weighted by atomic mass is 9.90. The number of nitrogens with zero attached hydrogens (tertiary/aromatic N) is 9. The number of hydrogen-bond acceptors (Lipinski definition) is 3. The van der Waals surface area contributed by atoms with Crippen molar-refractivity contribution >= 4 is 131 Å². The van der Waals surface area contributed by atoms with E-state index >= 15 is 0 Å². The number of benzene rings is 21. The molecule has 0 saturated heterocycles. The number of fused-ring (bicyclic) bond motifs is 18. The second kappa shape index (κ2) is 37.2. The van der Waals surface area contributed by atoms with Gasteiger partial charge in [0, 0.05) is 152 Å². The van der Waals surface area contributed by atoms with E-state index in [-0.39, 0.29) is 0 Å². The molecule has 0 saturated carbocycles. The van der Waals surface area contributed by atoms with Crippen molar-refractivity contribution in [2.75, 3.05) is 0 Å².